The maximum absolute atomic E-state index is 4.30. The van der Waals surface area contributed by atoms with Gasteiger partial charge in [0.05, 0.1) is 0 Å². The Morgan fingerprint density at radius 2 is 1.93 bits per heavy atom. The van der Waals surface area contributed by atoms with E-state index in [1.54, 1.807) is 6.20 Å². The van der Waals surface area contributed by atoms with Gasteiger partial charge in [-0.3, -0.25) is 4.98 Å². The molecule has 2 N–H and O–H groups in total. The van der Waals surface area contributed by atoms with Gasteiger partial charge in [-0.1, -0.05) is 31.2 Å². The van der Waals surface area contributed by atoms with Crippen molar-refractivity contribution in [3.63, 3.8) is 0 Å². The molecule has 0 unspecified atom stereocenters. The number of aromatic nitrogens is 2. The van der Waals surface area contributed by atoms with Crippen LogP contribution < -0.4 is 10.6 Å². The number of hydrogen-bond donors (Lipinski definition) is 2. The quantitative estimate of drug-likeness (QED) is 0.609. The highest BCUT2D eigenvalue weighted by Gasteiger charge is 2.25. The van der Waals surface area contributed by atoms with Crippen molar-refractivity contribution in [3.8, 4) is 11.1 Å². The summed E-state index contributed by atoms with van der Waals surface area (Å²) in [5.74, 6) is 0.880. The Balaban J connectivity index is 0.000000192. The van der Waals surface area contributed by atoms with Gasteiger partial charge in [0, 0.05) is 36.6 Å². The molecule has 0 spiro atoms. The number of anilines is 1. The van der Waals surface area contributed by atoms with Crippen LogP contribution in [0.15, 0.2) is 67.6 Å². The van der Waals surface area contributed by atoms with E-state index in [0.29, 0.717) is 5.41 Å². The molecule has 0 radical (unpaired) electrons. The second-order valence-electron chi connectivity index (χ2n) is 7.29. The number of nitrogens with one attached hydrogen (secondary N) is 2. The lowest BCUT2D eigenvalue weighted by Crippen LogP contribution is -2.34. The highest BCUT2D eigenvalue weighted by Crippen LogP contribution is 2.33. The first-order valence-electron chi connectivity index (χ1n) is 10.0. The summed E-state index contributed by atoms with van der Waals surface area (Å²) in [6, 6.07) is 12.4. The van der Waals surface area contributed by atoms with Crippen molar-refractivity contribution in [2.24, 2.45) is 5.41 Å². The molecule has 2 aromatic heterocycles. The summed E-state index contributed by atoms with van der Waals surface area (Å²) in [7, 11) is 1.87. The monoisotopic (exact) mass is 374 g/mol. The van der Waals surface area contributed by atoms with Gasteiger partial charge in [0.15, 0.2) is 0 Å². The third-order valence-electron chi connectivity index (χ3n) is 5.71. The van der Waals surface area contributed by atoms with Crippen LogP contribution in [0.4, 0.5) is 5.82 Å². The number of allylic oxidation sites excluding steroid dienone is 1. The first kappa shape index (κ1) is 20.0. The molecule has 3 aromatic rings. The van der Waals surface area contributed by atoms with E-state index in [1.165, 1.54) is 43.3 Å². The van der Waals surface area contributed by atoms with Gasteiger partial charge in [-0.25, -0.2) is 4.98 Å². The minimum atomic E-state index is 0.464. The molecule has 0 saturated carbocycles. The number of hydrogen-bond acceptors (Lipinski definition) is 4. The normalized spacial score (nSPS) is 15.4. The lowest BCUT2D eigenvalue weighted by molar-refractivity contribution is 0.263. The van der Waals surface area contributed by atoms with Gasteiger partial charge in [0.25, 0.3) is 0 Å². The molecular formula is C24H30N4. The number of piperidine rings is 1. The molecule has 0 aliphatic carbocycles. The van der Waals surface area contributed by atoms with Gasteiger partial charge in [-0.2, -0.15) is 0 Å². The van der Waals surface area contributed by atoms with E-state index < -0.39 is 0 Å². The fourth-order valence-corrected chi connectivity index (χ4v) is 3.62. The average Bonchev–Trinajstić information content (AvgIpc) is 2.79. The molecule has 0 bridgehead atoms. The molecular weight excluding hydrogens is 344 g/mol. The van der Waals surface area contributed by atoms with Crippen molar-refractivity contribution in [1.82, 2.24) is 15.3 Å². The Kier molecular flexibility index (Phi) is 6.77. The van der Waals surface area contributed by atoms with Crippen molar-refractivity contribution in [1.29, 1.82) is 0 Å². The largest absolute Gasteiger partial charge is 0.373 e. The fraction of sp³-hybridized carbons (Fsp3) is 0.333. The minimum absolute atomic E-state index is 0.464. The van der Waals surface area contributed by atoms with Gasteiger partial charge in [-0.15, -0.1) is 6.58 Å². The third kappa shape index (κ3) is 4.76. The van der Waals surface area contributed by atoms with Gasteiger partial charge < -0.3 is 10.6 Å². The molecule has 1 aliphatic heterocycles. The molecule has 1 aromatic carbocycles. The zero-order valence-electron chi connectivity index (χ0n) is 16.9. The maximum Gasteiger partial charge on any atom is 0.126 e. The van der Waals surface area contributed by atoms with Crippen molar-refractivity contribution >= 4 is 16.6 Å². The van der Waals surface area contributed by atoms with E-state index in [-0.39, 0.29) is 0 Å². The Hall–Kier alpha value is -2.72. The van der Waals surface area contributed by atoms with Crippen LogP contribution >= 0.6 is 0 Å². The predicted molar refractivity (Wildman–Crippen MR) is 120 cm³/mol. The zero-order chi connectivity index (χ0) is 19.8. The van der Waals surface area contributed by atoms with Crippen LogP contribution in [0.3, 0.4) is 0 Å². The van der Waals surface area contributed by atoms with E-state index in [1.807, 2.05) is 25.5 Å². The zero-order valence-corrected chi connectivity index (χ0v) is 16.9. The molecule has 3 heterocycles. The molecule has 4 rings (SSSR count). The van der Waals surface area contributed by atoms with Crippen LogP contribution in [0.2, 0.25) is 0 Å². The summed E-state index contributed by atoms with van der Waals surface area (Å²) in [5.41, 5.74) is 2.76. The highest BCUT2D eigenvalue weighted by atomic mass is 14.9. The van der Waals surface area contributed by atoms with Crippen molar-refractivity contribution < 1.29 is 0 Å². The standard InChI is InChI=1S/C15H13N3.C9H17N/c1-16-15-8-14-7-11(4-5-13(14)10-18-15)12-3-2-6-17-9-12;1-3-9(4-2)5-7-10-8-6-9/h2-10H,1H3,(H,16,18);3,10H,1,4-8H2,2H3. The van der Waals surface area contributed by atoms with Crippen LogP contribution in [0.5, 0.6) is 0 Å². The average molecular weight is 375 g/mol. The first-order valence-corrected chi connectivity index (χ1v) is 10.0. The Labute approximate surface area is 168 Å². The Morgan fingerprint density at radius 1 is 1.11 bits per heavy atom. The van der Waals surface area contributed by atoms with Gasteiger partial charge >= 0.3 is 0 Å². The summed E-state index contributed by atoms with van der Waals surface area (Å²) in [4.78, 5) is 8.45. The number of benzene rings is 1. The third-order valence-corrected chi connectivity index (χ3v) is 5.71. The highest BCUT2D eigenvalue weighted by molar-refractivity contribution is 5.88. The predicted octanol–water partition coefficient (Wildman–Crippen LogP) is 5.29. The summed E-state index contributed by atoms with van der Waals surface area (Å²) < 4.78 is 0. The number of pyridine rings is 2. The van der Waals surface area contributed by atoms with Crippen LogP contribution in [0.1, 0.15) is 26.2 Å². The molecule has 4 heteroatoms. The SMILES string of the molecule is C=CC1(CC)CCNCC1.CNc1cc2cc(-c3cccnc3)ccc2cn1. The van der Waals surface area contributed by atoms with Crippen LogP contribution in [0, 0.1) is 5.41 Å². The lowest BCUT2D eigenvalue weighted by Gasteiger charge is -2.33. The smallest absolute Gasteiger partial charge is 0.126 e. The number of rotatable bonds is 4. The number of fused-ring (bicyclic) bond motifs is 1. The Morgan fingerprint density at radius 3 is 2.54 bits per heavy atom. The molecule has 0 amide bonds. The summed E-state index contributed by atoms with van der Waals surface area (Å²) >= 11 is 0. The molecule has 1 fully saturated rings. The summed E-state index contributed by atoms with van der Waals surface area (Å²) in [6.07, 6.45) is 11.5. The van der Waals surface area contributed by atoms with E-state index in [9.17, 15) is 0 Å². The van der Waals surface area contributed by atoms with E-state index in [2.05, 4.69) is 70.5 Å². The topological polar surface area (TPSA) is 49.8 Å². The minimum Gasteiger partial charge on any atom is -0.373 e. The fourth-order valence-electron chi connectivity index (χ4n) is 3.62. The second kappa shape index (κ2) is 9.47. The number of nitrogens with zero attached hydrogens (tertiary/aromatic N) is 2. The van der Waals surface area contributed by atoms with Crippen molar-refractivity contribution in [3.05, 3.63) is 67.6 Å². The molecule has 1 saturated heterocycles. The van der Waals surface area contributed by atoms with E-state index in [0.717, 1.165) is 16.8 Å². The molecule has 1 aliphatic rings. The van der Waals surface area contributed by atoms with Gasteiger partial charge in [0.1, 0.15) is 5.82 Å². The lowest BCUT2D eigenvalue weighted by atomic mass is 9.77. The van der Waals surface area contributed by atoms with E-state index >= 15 is 0 Å². The summed E-state index contributed by atoms with van der Waals surface area (Å²) in [5, 5.41) is 8.73. The van der Waals surface area contributed by atoms with Crippen molar-refractivity contribution in [2.45, 2.75) is 26.2 Å². The van der Waals surface area contributed by atoms with E-state index in [4.69, 9.17) is 0 Å². The van der Waals surface area contributed by atoms with Crippen LogP contribution in [-0.2, 0) is 0 Å². The molecule has 146 valence electrons. The van der Waals surface area contributed by atoms with Gasteiger partial charge in [-0.05, 0) is 66.9 Å². The first-order chi connectivity index (χ1) is 13.7. The molecule has 28 heavy (non-hydrogen) atoms. The molecule has 4 nitrogen and oxygen atoms in total. The maximum atomic E-state index is 4.30. The van der Waals surface area contributed by atoms with Crippen LogP contribution in [-0.4, -0.2) is 30.1 Å². The Bertz CT molecular complexity index is 899. The molecule has 0 atom stereocenters. The summed E-state index contributed by atoms with van der Waals surface area (Å²) in [6.45, 7) is 8.49. The van der Waals surface area contributed by atoms with Gasteiger partial charge in [0.2, 0.25) is 0 Å². The van der Waals surface area contributed by atoms with Crippen LogP contribution in [0.25, 0.3) is 21.9 Å². The second-order valence-corrected chi connectivity index (χ2v) is 7.29. The van der Waals surface area contributed by atoms with Crippen molar-refractivity contribution in [2.75, 3.05) is 25.5 Å².